The van der Waals surface area contributed by atoms with Crippen LogP contribution < -0.4 is 15.2 Å². The number of hydrogen-bond donors (Lipinski definition) is 2. The molecule has 250 valence electrons. The molecule has 1 saturated heterocycles. The molecule has 1 aliphatic heterocycles. The molecule has 1 aromatic heterocycles. The molecule has 0 bridgehead atoms. The Morgan fingerprint density at radius 1 is 1.02 bits per heavy atom. The lowest BCUT2D eigenvalue weighted by atomic mass is 10.1. The SMILES string of the molecule is O=C(O)CCc1cn(Cc2cccc(C(=O)N(C(=O)NN=Cc3ccc(Cl)c(C(F)(F)F)c3)c3ccc(N4CCCCC4)cc3)c2)nn1. The number of carboxylic acids is 1. The van der Waals surface area contributed by atoms with Crippen LogP contribution in [0.25, 0.3) is 0 Å². The third-order valence-electron chi connectivity index (χ3n) is 7.60. The van der Waals surface area contributed by atoms with Gasteiger partial charge in [-0.1, -0.05) is 35.0 Å². The number of nitrogens with one attached hydrogen (secondary N) is 1. The molecule has 4 aromatic rings. The van der Waals surface area contributed by atoms with Crippen LogP contribution in [0.4, 0.5) is 29.3 Å². The number of urea groups is 1. The Labute approximate surface area is 278 Å². The van der Waals surface area contributed by atoms with Crippen molar-refractivity contribution in [3.05, 3.63) is 106 Å². The van der Waals surface area contributed by atoms with E-state index in [1.807, 2.05) is 12.1 Å². The van der Waals surface area contributed by atoms with Crippen LogP contribution in [0.1, 0.15) is 58.4 Å². The average Bonchev–Trinajstić information content (AvgIpc) is 3.52. The summed E-state index contributed by atoms with van der Waals surface area (Å²) in [5.74, 6) is -1.63. The second-order valence-electron chi connectivity index (χ2n) is 11.1. The van der Waals surface area contributed by atoms with E-state index >= 15 is 0 Å². The first-order valence-corrected chi connectivity index (χ1v) is 15.4. The number of aromatic nitrogens is 3. The molecule has 48 heavy (non-hydrogen) atoms. The first-order valence-electron chi connectivity index (χ1n) is 15.1. The molecule has 1 fully saturated rings. The van der Waals surface area contributed by atoms with E-state index in [1.165, 1.54) is 10.7 Å². The van der Waals surface area contributed by atoms with Crippen LogP contribution in [0, 0.1) is 0 Å². The van der Waals surface area contributed by atoms with Crippen LogP contribution in [0.5, 0.6) is 0 Å². The number of anilines is 2. The van der Waals surface area contributed by atoms with Crippen LogP contribution >= 0.6 is 11.6 Å². The minimum absolute atomic E-state index is 0.0303. The monoisotopic (exact) mass is 681 g/mol. The Morgan fingerprint density at radius 3 is 2.48 bits per heavy atom. The third-order valence-corrected chi connectivity index (χ3v) is 7.93. The molecular formula is C33H31ClF3N7O4. The summed E-state index contributed by atoms with van der Waals surface area (Å²) < 4.78 is 41.4. The summed E-state index contributed by atoms with van der Waals surface area (Å²) in [5, 5.41) is 20.3. The van der Waals surface area contributed by atoms with Crippen molar-refractivity contribution in [2.45, 2.75) is 44.8 Å². The highest BCUT2D eigenvalue weighted by Gasteiger charge is 2.33. The maximum atomic E-state index is 13.9. The molecule has 0 unspecified atom stereocenters. The summed E-state index contributed by atoms with van der Waals surface area (Å²) in [5.41, 5.74) is 3.78. The lowest BCUT2D eigenvalue weighted by Gasteiger charge is -2.29. The molecule has 1 aliphatic rings. The van der Waals surface area contributed by atoms with Crippen LogP contribution in [0.15, 0.2) is 78.0 Å². The lowest BCUT2D eigenvalue weighted by molar-refractivity contribution is -0.138. The Hall–Kier alpha value is -5.24. The quantitative estimate of drug-likeness (QED) is 0.146. The van der Waals surface area contributed by atoms with E-state index in [0.29, 0.717) is 11.3 Å². The molecule has 15 heteroatoms. The zero-order chi connectivity index (χ0) is 34.3. The van der Waals surface area contributed by atoms with Crippen molar-refractivity contribution in [1.82, 2.24) is 20.4 Å². The van der Waals surface area contributed by atoms with Gasteiger partial charge in [0, 0.05) is 37.0 Å². The number of alkyl halides is 3. The molecule has 0 aliphatic carbocycles. The average molecular weight is 682 g/mol. The van der Waals surface area contributed by atoms with Crippen LogP contribution in [-0.4, -0.2) is 57.3 Å². The molecule has 0 radical (unpaired) electrons. The lowest BCUT2D eigenvalue weighted by Crippen LogP contribution is -2.42. The van der Waals surface area contributed by atoms with Crippen LogP contribution in [-0.2, 0) is 23.9 Å². The molecule has 5 rings (SSSR count). The van der Waals surface area contributed by atoms with Gasteiger partial charge in [0.2, 0.25) is 0 Å². The number of hydrazone groups is 1. The number of carboxylic acid groups (broad SMARTS) is 1. The minimum atomic E-state index is -4.68. The second-order valence-corrected chi connectivity index (χ2v) is 11.5. The van der Waals surface area contributed by atoms with E-state index in [-0.39, 0.29) is 36.2 Å². The number of aryl methyl sites for hydroxylation is 1. The number of carbonyl (C=O) groups excluding carboxylic acids is 2. The highest BCUT2D eigenvalue weighted by atomic mass is 35.5. The van der Waals surface area contributed by atoms with Gasteiger partial charge in [0.1, 0.15) is 0 Å². The van der Waals surface area contributed by atoms with Gasteiger partial charge in [0.15, 0.2) is 0 Å². The standard InChI is InChI=1S/C33H31ClF3N7O4/c34-29-13-7-22(18-28(29)33(35,36)37)19-38-40-32(48)44(27-11-9-26(10-12-27)42-15-2-1-3-16-42)31(47)24-6-4-5-23(17-24)20-43-21-25(39-41-43)8-14-30(45)46/h4-7,9-13,17-19,21H,1-3,8,14-16,20H2,(H,40,48)(H,45,46). The van der Waals surface area contributed by atoms with Gasteiger partial charge >= 0.3 is 18.2 Å². The van der Waals surface area contributed by atoms with Crippen molar-refractivity contribution in [1.29, 1.82) is 0 Å². The molecule has 0 spiro atoms. The number of amides is 3. The first kappa shape index (κ1) is 34.1. The smallest absolute Gasteiger partial charge is 0.417 e. The summed E-state index contributed by atoms with van der Waals surface area (Å²) >= 11 is 5.70. The zero-order valence-corrected chi connectivity index (χ0v) is 26.3. The fourth-order valence-electron chi connectivity index (χ4n) is 5.23. The molecule has 11 nitrogen and oxygen atoms in total. The van der Waals surface area contributed by atoms with Gasteiger partial charge in [-0.2, -0.15) is 18.3 Å². The zero-order valence-electron chi connectivity index (χ0n) is 25.5. The predicted molar refractivity (Wildman–Crippen MR) is 173 cm³/mol. The third kappa shape index (κ3) is 8.76. The number of carbonyl (C=O) groups is 3. The summed E-state index contributed by atoms with van der Waals surface area (Å²) in [6, 6.07) is 15.8. The van der Waals surface area contributed by atoms with Gasteiger partial charge in [-0.15, -0.1) is 5.10 Å². The second kappa shape index (κ2) is 15.1. The van der Waals surface area contributed by atoms with Gasteiger partial charge < -0.3 is 10.0 Å². The number of imide groups is 1. The highest BCUT2D eigenvalue weighted by Crippen LogP contribution is 2.35. The summed E-state index contributed by atoms with van der Waals surface area (Å²) in [6.07, 6.45) is 1.40. The van der Waals surface area contributed by atoms with E-state index in [9.17, 15) is 27.6 Å². The van der Waals surface area contributed by atoms with Gasteiger partial charge in [-0.3, -0.25) is 9.59 Å². The fourth-order valence-corrected chi connectivity index (χ4v) is 5.45. The number of nitrogens with zero attached hydrogens (tertiary/aromatic N) is 6. The van der Waals surface area contributed by atoms with E-state index in [2.05, 4.69) is 25.7 Å². The molecule has 3 aromatic carbocycles. The maximum absolute atomic E-state index is 13.9. The number of rotatable bonds is 10. The number of hydrogen-bond acceptors (Lipinski definition) is 7. The van der Waals surface area contributed by atoms with Crippen LogP contribution in [0.2, 0.25) is 5.02 Å². The highest BCUT2D eigenvalue weighted by molar-refractivity contribution is 6.31. The van der Waals surface area contributed by atoms with E-state index < -0.39 is 34.7 Å². The maximum Gasteiger partial charge on any atom is 0.417 e. The molecule has 0 atom stereocenters. The van der Waals surface area contributed by atoms with Crippen molar-refractivity contribution in [2.24, 2.45) is 5.10 Å². The predicted octanol–water partition coefficient (Wildman–Crippen LogP) is 6.40. The fraction of sp³-hybridized carbons (Fsp3) is 0.273. The van der Waals surface area contributed by atoms with Gasteiger partial charge in [0.25, 0.3) is 5.91 Å². The minimum Gasteiger partial charge on any atom is -0.481 e. The van der Waals surface area contributed by atoms with E-state index in [4.69, 9.17) is 16.7 Å². The number of benzene rings is 3. The molecule has 2 heterocycles. The normalized spacial score (nSPS) is 13.5. The largest absolute Gasteiger partial charge is 0.481 e. The Bertz CT molecular complexity index is 1810. The van der Waals surface area contributed by atoms with Crippen LogP contribution in [0.3, 0.4) is 0 Å². The number of aliphatic carboxylic acids is 1. The van der Waals surface area contributed by atoms with E-state index in [0.717, 1.165) is 61.3 Å². The summed E-state index contributed by atoms with van der Waals surface area (Å²) in [4.78, 5) is 41.4. The molecular weight excluding hydrogens is 651 g/mol. The Morgan fingerprint density at radius 2 is 1.77 bits per heavy atom. The molecule has 0 saturated carbocycles. The number of piperidine rings is 1. The summed E-state index contributed by atoms with van der Waals surface area (Å²) in [7, 11) is 0. The van der Waals surface area contributed by atoms with Crippen molar-refractivity contribution in [3.63, 3.8) is 0 Å². The van der Waals surface area contributed by atoms with E-state index in [1.54, 1.807) is 42.6 Å². The Kier molecular flexibility index (Phi) is 10.7. The topological polar surface area (TPSA) is 133 Å². The van der Waals surface area contributed by atoms with Crippen molar-refractivity contribution >= 4 is 47.1 Å². The summed E-state index contributed by atoms with van der Waals surface area (Å²) in [6.45, 7) is 2.03. The van der Waals surface area contributed by atoms with Crippen molar-refractivity contribution in [2.75, 3.05) is 22.9 Å². The molecule has 3 amide bonds. The van der Waals surface area contributed by atoms with Crippen molar-refractivity contribution in [3.8, 4) is 0 Å². The van der Waals surface area contributed by atoms with Crippen molar-refractivity contribution < 1.29 is 32.7 Å². The Balaban J connectivity index is 1.38. The van der Waals surface area contributed by atoms with Gasteiger partial charge in [-0.05, 0) is 78.9 Å². The molecule has 2 N–H and O–H groups in total. The number of halogens is 4. The van der Waals surface area contributed by atoms with Gasteiger partial charge in [0.05, 0.1) is 41.1 Å². The van der Waals surface area contributed by atoms with Gasteiger partial charge in [-0.25, -0.2) is 19.8 Å². The first-order chi connectivity index (χ1) is 23.0.